The van der Waals surface area contributed by atoms with Crippen LogP contribution in [0.25, 0.3) is 5.69 Å². The summed E-state index contributed by atoms with van der Waals surface area (Å²) in [5.41, 5.74) is 2.02. The van der Waals surface area contributed by atoms with Crippen LogP contribution in [0.4, 0.5) is 0 Å². The highest BCUT2D eigenvalue weighted by molar-refractivity contribution is 6.35. The lowest BCUT2D eigenvalue weighted by Crippen LogP contribution is -1.97. The van der Waals surface area contributed by atoms with Crippen molar-refractivity contribution in [2.75, 3.05) is 0 Å². The minimum absolute atomic E-state index is 0.484. The van der Waals surface area contributed by atoms with Crippen molar-refractivity contribution in [3.05, 3.63) is 39.6 Å². The molecule has 2 aromatic rings. The van der Waals surface area contributed by atoms with Crippen molar-refractivity contribution in [2.24, 2.45) is 0 Å². The van der Waals surface area contributed by atoms with Crippen LogP contribution in [-0.2, 0) is 0 Å². The molecule has 0 saturated heterocycles. The molecule has 4 nitrogen and oxygen atoms in total. The molecule has 2 rings (SSSR count). The van der Waals surface area contributed by atoms with Gasteiger partial charge >= 0.3 is 0 Å². The Balaban J connectivity index is 2.49. The lowest BCUT2D eigenvalue weighted by Gasteiger charge is -2.06. The summed E-state index contributed by atoms with van der Waals surface area (Å²) in [7, 11) is 0. The Morgan fingerprint density at radius 1 is 1.29 bits per heavy atom. The van der Waals surface area contributed by atoms with Gasteiger partial charge in [-0.1, -0.05) is 28.4 Å². The molecule has 0 spiro atoms. The van der Waals surface area contributed by atoms with Crippen molar-refractivity contribution in [1.82, 2.24) is 15.0 Å². The summed E-state index contributed by atoms with van der Waals surface area (Å²) in [6, 6.07) is 3.49. The van der Waals surface area contributed by atoms with Gasteiger partial charge in [0.25, 0.3) is 0 Å². The number of aromatic nitrogens is 3. The highest BCUT2D eigenvalue weighted by atomic mass is 35.5. The predicted molar refractivity (Wildman–Crippen MR) is 66.7 cm³/mol. The van der Waals surface area contributed by atoms with Gasteiger partial charge in [-0.2, -0.15) is 0 Å². The van der Waals surface area contributed by atoms with E-state index in [1.54, 1.807) is 25.3 Å². The maximum absolute atomic E-state index is 9.38. The summed E-state index contributed by atoms with van der Waals surface area (Å²) in [5, 5.41) is 18.3. The summed E-state index contributed by atoms with van der Waals surface area (Å²) in [6.07, 6.45) is 0.959. The van der Waals surface area contributed by atoms with Crippen molar-refractivity contribution in [1.29, 1.82) is 0 Å². The molecule has 0 aliphatic rings. The van der Waals surface area contributed by atoms with E-state index >= 15 is 0 Å². The SMILES string of the molecule is Cc1cc(Cl)c(-n2cc(C(C)O)nn2)cc1Cl. The molecule has 0 saturated carbocycles. The van der Waals surface area contributed by atoms with Crippen molar-refractivity contribution < 1.29 is 5.11 Å². The highest BCUT2D eigenvalue weighted by Crippen LogP contribution is 2.27. The zero-order valence-electron chi connectivity index (χ0n) is 9.35. The minimum Gasteiger partial charge on any atom is -0.387 e. The second kappa shape index (κ2) is 4.64. The largest absolute Gasteiger partial charge is 0.387 e. The van der Waals surface area contributed by atoms with E-state index in [4.69, 9.17) is 23.2 Å². The molecule has 90 valence electrons. The monoisotopic (exact) mass is 271 g/mol. The quantitative estimate of drug-likeness (QED) is 0.914. The Morgan fingerprint density at radius 3 is 2.59 bits per heavy atom. The Hall–Kier alpha value is -1.10. The summed E-state index contributed by atoms with van der Waals surface area (Å²) >= 11 is 12.2. The average molecular weight is 272 g/mol. The molecule has 0 bridgehead atoms. The first-order valence-corrected chi connectivity index (χ1v) is 5.81. The highest BCUT2D eigenvalue weighted by Gasteiger charge is 2.11. The molecule has 1 aromatic heterocycles. The van der Waals surface area contributed by atoms with E-state index in [-0.39, 0.29) is 0 Å². The minimum atomic E-state index is -0.663. The molecule has 0 fully saturated rings. The van der Waals surface area contributed by atoms with Gasteiger partial charge in [-0.05, 0) is 31.5 Å². The van der Waals surface area contributed by atoms with E-state index in [1.165, 1.54) is 4.68 Å². The fourth-order valence-corrected chi connectivity index (χ4v) is 1.86. The van der Waals surface area contributed by atoms with Gasteiger partial charge in [0.2, 0.25) is 0 Å². The number of halogens is 2. The van der Waals surface area contributed by atoms with Crippen LogP contribution in [0.1, 0.15) is 24.3 Å². The maximum Gasteiger partial charge on any atom is 0.111 e. The van der Waals surface area contributed by atoms with Crippen molar-refractivity contribution in [2.45, 2.75) is 20.0 Å². The van der Waals surface area contributed by atoms with Gasteiger partial charge < -0.3 is 5.11 Å². The van der Waals surface area contributed by atoms with E-state index in [1.807, 2.05) is 6.92 Å². The lowest BCUT2D eigenvalue weighted by molar-refractivity contribution is 0.194. The Morgan fingerprint density at radius 2 is 2.00 bits per heavy atom. The average Bonchev–Trinajstić information content (AvgIpc) is 2.72. The molecule has 0 amide bonds. The molecular weight excluding hydrogens is 261 g/mol. The number of hydrogen-bond acceptors (Lipinski definition) is 3. The van der Waals surface area contributed by atoms with Crippen LogP contribution in [0.5, 0.6) is 0 Å². The topological polar surface area (TPSA) is 50.9 Å². The molecule has 1 atom stereocenters. The van der Waals surface area contributed by atoms with E-state index in [9.17, 15) is 5.11 Å². The third-order valence-corrected chi connectivity index (χ3v) is 3.12. The van der Waals surface area contributed by atoms with Crippen LogP contribution in [0.3, 0.4) is 0 Å². The number of benzene rings is 1. The molecular formula is C11H11Cl2N3O. The van der Waals surface area contributed by atoms with Gasteiger partial charge in [0.1, 0.15) is 5.69 Å². The number of hydrogen-bond donors (Lipinski definition) is 1. The number of aryl methyl sites for hydroxylation is 1. The number of aliphatic hydroxyl groups excluding tert-OH is 1. The number of nitrogens with zero attached hydrogens (tertiary/aromatic N) is 3. The van der Waals surface area contributed by atoms with E-state index in [0.717, 1.165) is 5.56 Å². The summed E-state index contributed by atoms with van der Waals surface area (Å²) in [5.74, 6) is 0. The molecule has 6 heteroatoms. The molecule has 1 aromatic carbocycles. The first kappa shape index (κ1) is 12.4. The first-order chi connectivity index (χ1) is 7.99. The van der Waals surface area contributed by atoms with E-state index in [2.05, 4.69) is 10.3 Å². The van der Waals surface area contributed by atoms with Gasteiger partial charge in [0.15, 0.2) is 0 Å². The van der Waals surface area contributed by atoms with Gasteiger partial charge in [-0.3, -0.25) is 0 Å². The van der Waals surface area contributed by atoms with Crippen LogP contribution in [0, 0.1) is 6.92 Å². The summed E-state index contributed by atoms with van der Waals surface area (Å²) < 4.78 is 1.50. The molecule has 0 aliphatic carbocycles. The van der Waals surface area contributed by atoms with Crippen LogP contribution in [0.15, 0.2) is 18.3 Å². The fraction of sp³-hybridized carbons (Fsp3) is 0.273. The van der Waals surface area contributed by atoms with Gasteiger partial charge in [-0.15, -0.1) is 5.10 Å². The third-order valence-electron chi connectivity index (χ3n) is 2.41. The van der Waals surface area contributed by atoms with Crippen LogP contribution in [0.2, 0.25) is 10.0 Å². The fourth-order valence-electron chi connectivity index (χ4n) is 1.40. The smallest absolute Gasteiger partial charge is 0.111 e. The molecule has 1 N–H and O–H groups in total. The van der Waals surface area contributed by atoms with Gasteiger partial charge in [-0.25, -0.2) is 4.68 Å². The zero-order valence-corrected chi connectivity index (χ0v) is 10.9. The van der Waals surface area contributed by atoms with Crippen LogP contribution < -0.4 is 0 Å². The predicted octanol–water partition coefficient (Wildman–Crippen LogP) is 2.94. The van der Waals surface area contributed by atoms with E-state index in [0.29, 0.717) is 21.4 Å². The molecule has 0 aliphatic heterocycles. The molecule has 1 unspecified atom stereocenters. The van der Waals surface area contributed by atoms with E-state index < -0.39 is 6.10 Å². The van der Waals surface area contributed by atoms with Crippen molar-refractivity contribution in [3.8, 4) is 5.69 Å². The standard InChI is InChI=1S/C11H11Cl2N3O/c1-6-3-9(13)11(4-8(6)12)16-5-10(7(2)17)14-15-16/h3-5,7,17H,1-2H3. The normalized spacial score (nSPS) is 12.8. The van der Waals surface area contributed by atoms with Crippen LogP contribution >= 0.6 is 23.2 Å². The number of rotatable bonds is 2. The Bertz CT molecular complexity index is 552. The summed E-state index contributed by atoms with van der Waals surface area (Å²) in [4.78, 5) is 0. The van der Waals surface area contributed by atoms with Crippen molar-refractivity contribution >= 4 is 23.2 Å². The second-order valence-corrected chi connectivity index (χ2v) is 4.63. The zero-order chi connectivity index (χ0) is 12.6. The molecule has 1 heterocycles. The summed E-state index contributed by atoms with van der Waals surface area (Å²) in [6.45, 7) is 3.50. The molecule has 0 radical (unpaired) electrons. The number of aliphatic hydroxyl groups is 1. The van der Waals surface area contributed by atoms with Gasteiger partial charge in [0, 0.05) is 5.02 Å². The van der Waals surface area contributed by atoms with Crippen LogP contribution in [-0.4, -0.2) is 20.1 Å². The molecule has 17 heavy (non-hydrogen) atoms. The second-order valence-electron chi connectivity index (χ2n) is 3.82. The first-order valence-electron chi connectivity index (χ1n) is 5.05. The Labute approximate surface area is 109 Å². The van der Waals surface area contributed by atoms with Crippen molar-refractivity contribution in [3.63, 3.8) is 0 Å². The Kier molecular flexibility index (Phi) is 3.38. The van der Waals surface area contributed by atoms with Gasteiger partial charge in [0.05, 0.1) is 23.0 Å². The third kappa shape index (κ3) is 2.44. The maximum atomic E-state index is 9.38. The lowest BCUT2D eigenvalue weighted by atomic mass is 10.2.